The zero-order valence-corrected chi connectivity index (χ0v) is 7.86. The molecule has 1 aliphatic rings. The number of hydrogen-bond donors (Lipinski definition) is 3. The van der Waals surface area contributed by atoms with Gasteiger partial charge in [0.2, 0.25) is 0 Å². The highest BCUT2D eigenvalue weighted by Gasteiger charge is 2.52. The predicted octanol–water partition coefficient (Wildman–Crippen LogP) is -1.15. The molecular weight excluding hydrogens is 176 g/mol. The fourth-order valence-corrected chi connectivity index (χ4v) is 1.55. The highest BCUT2D eigenvalue weighted by Crippen LogP contribution is 2.35. The second-order valence-corrected chi connectivity index (χ2v) is 3.67. The van der Waals surface area contributed by atoms with E-state index in [0.717, 1.165) is 0 Å². The molecule has 0 saturated carbocycles. The van der Waals surface area contributed by atoms with Gasteiger partial charge in [0.05, 0.1) is 19.8 Å². The molecule has 3 N–H and O–H groups in total. The van der Waals surface area contributed by atoms with Crippen LogP contribution in [-0.4, -0.2) is 52.6 Å². The Morgan fingerprint density at radius 3 is 2.00 bits per heavy atom. The van der Waals surface area contributed by atoms with E-state index in [1.807, 2.05) is 0 Å². The number of hydrogen-bond acceptors (Lipinski definition) is 5. The average Bonchev–Trinajstić information content (AvgIpc) is 2.37. The van der Waals surface area contributed by atoms with Crippen molar-refractivity contribution in [2.45, 2.75) is 31.3 Å². The van der Waals surface area contributed by atoms with Crippen molar-refractivity contribution in [1.29, 1.82) is 0 Å². The summed E-state index contributed by atoms with van der Waals surface area (Å²) >= 11 is 0. The van der Waals surface area contributed by atoms with Crippen LogP contribution < -0.4 is 0 Å². The van der Waals surface area contributed by atoms with Gasteiger partial charge in [-0.15, -0.1) is 0 Å². The number of aliphatic hydroxyl groups excluding tert-OH is 3. The van der Waals surface area contributed by atoms with Gasteiger partial charge in [0.15, 0.2) is 5.79 Å². The van der Waals surface area contributed by atoms with Crippen molar-refractivity contribution in [3.63, 3.8) is 0 Å². The van der Waals surface area contributed by atoms with Crippen LogP contribution in [0.5, 0.6) is 0 Å². The molecule has 0 radical (unpaired) electrons. The third kappa shape index (κ3) is 1.84. The maximum absolute atomic E-state index is 9.07. The molecule has 0 aromatic heterocycles. The standard InChI is InChI=1S/C8H16O5/c1-7(2)12-6(3-9)8(4-10,5-11)13-7/h6,9-11H,3-5H2,1-2H3. The number of ether oxygens (including phenoxy) is 2. The van der Waals surface area contributed by atoms with E-state index in [2.05, 4.69) is 0 Å². The maximum Gasteiger partial charge on any atom is 0.164 e. The van der Waals surface area contributed by atoms with E-state index in [-0.39, 0.29) is 19.8 Å². The van der Waals surface area contributed by atoms with Crippen LogP contribution in [-0.2, 0) is 9.47 Å². The first-order valence-electron chi connectivity index (χ1n) is 4.20. The summed E-state index contributed by atoms with van der Waals surface area (Å²) in [6, 6.07) is 0. The zero-order valence-electron chi connectivity index (χ0n) is 7.86. The number of aliphatic hydroxyl groups is 3. The summed E-state index contributed by atoms with van der Waals surface area (Å²) < 4.78 is 10.7. The first-order chi connectivity index (χ1) is 5.99. The summed E-state index contributed by atoms with van der Waals surface area (Å²) in [6.45, 7) is 2.30. The van der Waals surface area contributed by atoms with Crippen molar-refractivity contribution in [1.82, 2.24) is 0 Å². The van der Waals surface area contributed by atoms with E-state index < -0.39 is 17.5 Å². The van der Waals surface area contributed by atoms with E-state index in [1.54, 1.807) is 13.8 Å². The van der Waals surface area contributed by atoms with Crippen molar-refractivity contribution in [3.8, 4) is 0 Å². The quantitative estimate of drug-likeness (QED) is 0.526. The van der Waals surface area contributed by atoms with Gasteiger partial charge >= 0.3 is 0 Å². The first kappa shape index (κ1) is 10.9. The molecule has 78 valence electrons. The van der Waals surface area contributed by atoms with Gasteiger partial charge in [0.25, 0.3) is 0 Å². The normalized spacial score (nSPS) is 30.7. The van der Waals surface area contributed by atoms with Gasteiger partial charge in [0.1, 0.15) is 11.7 Å². The van der Waals surface area contributed by atoms with Gasteiger partial charge in [-0.25, -0.2) is 0 Å². The van der Waals surface area contributed by atoms with Crippen LogP contribution in [0.2, 0.25) is 0 Å². The third-order valence-corrected chi connectivity index (χ3v) is 2.16. The maximum atomic E-state index is 9.07. The first-order valence-corrected chi connectivity index (χ1v) is 4.20. The van der Waals surface area contributed by atoms with Gasteiger partial charge < -0.3 is 24.8 Å². The SMILES string of the molecule is CC1(C)OC(CO)C(CO)(CO)O1. The Labute approximate surface area is 76.9 Å². The minimum absolute atomic E-state index is 0.287. The smallest absolute Gasteiger partial charge is 0.164 e. The van der Waals surface area contributed by atoms with Gasteiger partial charge in [0, 0.05) is 0 Å². The summed E-state index contributed by atoms with van der Waals surface area (Å²) in [5, 5.41) is 27.1. The third-order valence-electron chi connectivity index (χ3n) is 2.16. The van der Waals surface area contributed by atoms with Crippen LogP contribution in [0.4, 0.5) is 0 Å². The summed E-state index contributed by atoms with van der Waals surface area (Å²) in [5.74, 6) is -0.876. The Bertz CT molecular complexity index is 175. The van der Waals surface area contributed by atoms with E-state index >= 15 is 0 Å². The molecule has 5 nitrogen and oxygen atoms in total. The van der Waals surface area contributed by atoms with Gasteiger partial charge in [-0.05, 0) is 13.8 Å². The largest absolute Gasteiger partial charge is 0.394 e. The monoisotopic (exact) mass is 192 g/mol. The van der Waals surface area contributed by atoms with Crippen molar-refractivity contribution < 1.29 is 24.8 Å². The molecule has 0 spiro atoms. The molecule has 0 amide bonds. The molecular formula is C8H16O5. The summed E-state index contributed by atoms with van der Waals surface area (Å²) in [7, 11) is 0. The summed E-state index contributed by atoms with van der Waals surface area (Å²) in [4.78, 5) is 0. The molecule has 1 fully saturated rings. The Balaban J connectivity index is 2.83. The second-order valence-electron chi connectivity index (χ2n) is 3.67. The van der Waals surface area contributed by atoms with Crippen LogP contribution in [0.1, 0.15) is 13.8 Å². The lowest BCUT2D eigenvalue weighted by Gasteiger charge is -2.27. The minimum Gasteiger partial charge on any atom is -0.394 e. The Kier molecular flexibility index (Phi) is 2.94. The predicted molar refractivity (Wildman–Crippen MR) is 44.0 cm³/mol. The van der Waals surface area contributed by atoms with Gasteiger partial charge in [-0.1, -0.05) is 0 Å². The van der Waals surface area contributed by atoms with Crippen molar-refractivity contribution in [2.24, 2.45) is 0 Å². The van der Waals surface area contributed by atoms with E-state index in [1.165, 1.54) is 0 Å². The van der Waals surface area contributed by atoms with Crippen LogP contribution >= 0.6 is 0 Å². The molecule has 0 aliphatic carbocycles. The van der Waals surface area contributed by atoms with E-state index in [9.17, 15) is 0 Å². The second kappa shape index (κ2) is 3.51. The molecule has 0 bridgehead atoms. The molecule has 5 heteroatoms. The van der Waals surface area contributed by atoms with Crippen LogP contribution in [0.3, 0.4) is 0 Å². The molecule has 0 aromatic rings. The lowest BCUT2D eigenvalue weighted by atomic mass is 10.00. The van der Waals surface area contributed by atoms with Crippen molar-refractivity contribution in [2.75, 3.05) is 19.8 Å². The lowest BCUT2D eigenvalue weighted by molar-refractivity contribution is -0.178. The van der Waals surface area contributed by atoms with Crippen LogP contribution in [0.15, 0.2) is 0 Å². The molecule has 13 heavy (non-hydrogen) atoms. The van der Waals surface area contributed by atoms with Crippen molar-refractivity contribution >= 4 is 0 Å². The Hall–Kier alpha value is -0.200. The fraction of sp³-hybridized carbons (Fsp3) is 1.00. The highest BCUT2D eigenvalue weighted by molar-refractivity contribution is 4.95. The molecule has 1 unspecified atom stereocenters. The Morgan fingerprint density at radius 1 is 1.15 bits per heavy atom. The molecule has 1 saturated heterocycles. The minimum atomic E-state index is -1.18. The van der Waals surface area contributed by atoms with E-state index in [4.69, 9.17) is 24.8 Å². The summed E-state index contributed by atoms with van der Waals surface area (Å²) in [6.07, 6.45) is -0.683. The van der Waals surface area contributed by atoms with E-state index in [0.29, 0.717) is 0 Å². The molecule has 0 aromatic carbocycles. The lowest BCUT2D eigenvalue weighted by Crippen LogP contribution is -2.49. The Morgan fingerprint density at radius 2 is 1.69 bits per heavy atom. The van der Waals surface area contributed by atoms with Crippen LogP contribution in [0.25, 0.3) is 0 Å². The number of rotatable bonds is 3. The van der Waals surface area contributed by atoms with Gasteiger partial charge in [-0.3, -0.25) is 0 Å². The average molecular weight is 192 g/mol. The van der Waals surface area contributed by atoms with Crippen molar-refractivity contribution in [3.05, 3.63) is 0 Å². The zero-order chi connectivity index (χ0) is 10.1. The molecule has 1 atom stereocenters. The van der Waals surface area contributed by atoms with Crippen LogP contribution in [0, 0.1) is 0 Å². The molecule has 1 heterocycles. The topological polar surface area (TPSA) is 79.2 Å². The van der Waals surface area contributed by atoms with Gasteiger partial charge in [-0.2, -0.15) is 0 Å². The highest BCUT2D eigenvalue weighted by atomic mass is 16.8. The molecule has 1 aliphatic heterocycles. The molecule has 1 rings (SSSR count). The fourth-order valence-electron chi connectivity index (χ4n) is 1.55. The summed E-state index contributed by atoms with van der Waals surface area (Å²) in [5.41, 5.74) is -1.18.